The van der Waals surface area contributed by atoms with Gasteiger partial charge in [-0.2, -0.15) is 0 Å². The number of cyclic esters (lactones) is 1. The van der Waals surface area contributed by atoms with Crippen LogP contribution in [0.5, 0.6) is 17.2 Å². The fraction of sp³-hybridized carbons (Fsp3) is 0.238. The molecule has 1 heterocycles. The van der Waals surface area contributed by atoms with Crippen LogP contribution in [-0.2, 0) is 9.53 Å². The quantitative estimate of drug-likeness (QED) is 0.505. The molecule has 28 heavy (non-hydrogen) atoms. The van der Waals surface area contributed by atoms with E-state index in [1.54, 1.807) is 30.3 Å². The summed E-state index contributed by atoms with van der Waals surface area (Å²) in [5.41, 5.74) is 1.41. The number of esters is 1. The van der Waals surface area contributed by atoms with Crippen LogP contribution in [0.25, 0.3) is 6.08 Å². The van der Waals surface area contributed by atoms with Gasteiger partial charge in [0.25, 0.3) is 0 Å². The van der Waals surface area contributed by atoms with Crippen LogP contribution in [0.2, 0.25) is 5.02 Å². The predicted octanol–water partition coefficient (Wildman–Crippen LogP) is 4.49. The Morgan fingerprint density at radius 1 is 1.11 bits per heavy atom. The molecule has 0 spiro atoms. The van der Waals surface area contributed by atoms with Crippen molar-refractivity contribution in [1.82, 2.24) is 0 Å². The average molecular weight is 402 g/mol. The van der Waals surface area contributed by atoms with Gasteiger partial charge >= 0.3 is 5.97 Å². The lowest BCUT2D eigenvalue weighted by Crippen LogP contribution is -2.07. The molecule has 2 aromatic rings. The van der Waals surface area contributed by atoms with Crippen molar-refractivity contribution in [2.75, 3.05) is 20.3 Å². The van der Waals surface area contributed by atoms with Gasteiger partial charge in [-0.3, -0.25) is 0 Å². The number of carbonyl (C=O) groups is 1. The molecular weight excluding hydrogens is 382 g/mol. The Balaban J connectivity index is 1.97. The highest BCUT2D eigenvalue weighted by Crippen LogP contribution is 2.37. The molecule has 3 rings (SSSR count). The summed E-state index contributed by atoms with van der Waals surface area (Å²) in [7, 11) is 1.52. The fourth-order valence-corrected chi connectivity index (χ4v) is 2.99. The summed E-state index contributed by atoms with van der Waals surface area (Å²) in [5.74, 6) is 1.18. The van der Waals surface area contributed by atoms with E-state index in [2.05, 4.69) is 4.99 Å². The van der Waals surface area contributed by atoms with Gasteiger partial charge in [-0.25, -0.2) is 9.79 Å². The second-order valence-electron chi connectivity index (χ2n) is 5.73. The van der Waals surface area contributed by atoms with Gasteiger partial charge in [0, 0.05) is 0 Å². The molecule has 2 aromatic carbocycles. The summed E-state index contributed by atoms with van der Waals surface area (Å²) in [6.07, 6.45) is 1.59. The largest absolute Gasteiger partial charge is 0.493 e. The molecule has 7 heteroatoms. The molecule has 1 aliphatic heterocycles. The minimum Gasteiger partial charge on any atom is -0.493 e. The van der Waals surface area contributed by atoms with E-state index in [1.165, 1.54) is 7.11 Å². The monoisotopic (exact) mass is 401 g/mol. The maximum Gasteiger partial charge on any atom is 0.363 e. The van der Waals surface area contributed by atoms with Gasteiger partial charge in [0.15, 0.2) is 17.2 Å². The Kier molecular flexibility index (Phi) is 6.21. The van der Waals surface area contributed by atoms with Crippen molar-refractivity contribution in [3.63, 3.8) is 0 Å². The van der Waals surface area contributed by atoms with Crippen LogP contribution in [-0.4, -0.2) is 32.2 Å². The average Bonchev–Trinajstić information content (AvgIpc) is 3.04. The highest BCUT2D eigenvalue weighted by Gasteiger charge is 2.26. The van der Waals surface area contributed by atoms with Crippen molar-refractivity contribution in [2.45, 2.75) is 13.8 Å². The van der Waals surface area contributed by atoms with E-state index in [9.17, 15) is 4.79 Å². The minimum atomic E-state index is -0.551. The number of para-hydroxylation sites is 1. The third-order valence-electron chi connectivity index (χ3n) is 3.88. The van der Waals surface area contributed by atoms with Crippen LogP contribution in [0.3, 0.4) is 0 Å². The van der Waals surface area contributed by atoms with Crippen LogP contribution in [0.15, 0.2) is 47.1 Å². The van der Waals surface area contributed by atoms with Gasteiger partial charge in [-0.05, 0) is 49.8 Å². The molecule has 1 aliphatic rings. The topological polar surface area (TPSA) is 66.3 Å². The summed E-state index contributed by atoms with van der Waals surface area (Å²) < 4.78 is 21.8. The third-order valence-corrected chi connectivity index (χ3v) is 4.16. The lowest BCUT2D eigenvalue weighted by atomic mass is 10.1. The second-order valence-corrected chi connectivity index (χ2v) is 6.14. The van der Waals surface area contributed by atoms with Gasteiger partial charge in [0.1, 0.15) is 5.75 Å². The normalized spacial score (nSPS) is 14.6. The van der Waals surface area contributed by atoms with Gasteiger partial charge in [-0.1, -0.05) is 23.7 Å². The molecule has 0 saturated carbocycles. The first-order chi connectivity index (χ1) is 13.6. The third kappa shape index (κ3) is 4.12. The minimum absolute atomic E-state index is 0.156. The van der Waals surface area contributed by atoms with Crippen molar-refractivity contribution in [3.8, 4) is 17.2 Å². The second kappa shape index (κ2) is 8.80. The Morgan fingerprint density at radius 3 is 2.57 bits per heavy atom. The van der Waals surface area contributed by atoms with Crippen molar-refractivity contribution in [2.24, 2.45) is 4.99 Å². The predicted molar refractivity (Wildman–Crippen MR) is 107 cm³/mol. The summed E-state index contributed by atoms with van der Waals surface area (Å²) in [5, 5.41) is 0.380. The molecule has 0 amide bonds. The van der Waals surface area contributed by atoms with Gasteiger partial charge in [0.2, 0.25) is 5.90 Å². The number of methoxy groups -OCH3 is 1. The molecule has 6 nitrogen and oxygen atoms in total. The summed E-state index contributed by atoms with van der Waals surface area (Å²) in [4.78, 5) is 16.6. The van der Waals surface area contributed by atoms with E-state index in [0.29, 0.717) is 46.6 Å². The number of nitrogens with zero attached hydrogens (tertiary/aromatic N) is 1. The standard InChI is InChI=1S/C21H20ClNO5/c1-4-26-17-9-7-6-8-14(17)20-23-16(21(24)28-20)11-13-10-15(22)19(27-5-2)18(12-13)25-3/h6-12H,4-5H2,1-3H3/b16-11+. The Bertz CT molecular complexity index is 952. The maximum absolute atomic E-state index is 12.3. The Labute approximate surface area is 168 Å². The summed E-state index contributed by atoms with van der Waals surface area (Å²) in [6.45, 7) is 4.69. The van der Waals surface area contributed by atoms with Crippen LogP contribution in [0.1, 0.15) is 25.0 Å². The van der Waals surface area contributed by atoms with Crippen molar-refractivity contribution >= 4 is 29.5 Å². The first-order valence-corrected chi connectivity index (χ1v) is 9.20. The number of ether oxygens (including phenoxy) is 4. The van der Waals surface area contributed by atoms with Crippen LogP contribution in [0.4, 0.5) is 0 Å². The van der Waals surface area contributed by atoms with Gasteiger partial charge in [-0.15, -0.1) is 0 Å². The SMILES string of the molecule is CCOc1ccccc1C1=N/C(=C/c2cc(Cl)c(OCC)c(OC)c2)C(=O)O1. The smallest absolute Gasteiger partial charge is 0.363 e. The zero-order chi connectivity index (χ0) is 20.1. The molecule has 146 valence electrons. The number of hydrogen-bond acceptors (Lipinski definition) is 6. The lowest BCUT2D eigenvalue weighted by Gasteiger charge is -2.11. The zero-order valence-electron chi connectivity index (χ0n) is 15.8. The van der Waals surface area contributed by atoms with Crippen molar-refractivity contribution in [3.05, 3.63) is 58.2 Å². The number of rotatable bonds is 7. The Morgan fingerprint density at radius 2 is 1.86 bits per heavy atom. The van der Waals surface area contributed by atoms with Crippen LogP contribution < -0.4 is 14.2 Å². The summed E-state index contributed by atoms with van der Waals surface area (Å²) in [6, 6.07) is 10.7. The molecule has 0 bridgehead atoms. The molecule has 0 atom stereocenters. The number of hydrogen-bond donors (Lipinski definition) is 0. The van der Waals surface area contributed by atoms with E-state index >= 15 is 0 Å². The highest BCUT2D eigenvalue weighted by atomic mass is 35.5. The highest BCUT2D eigenvalue weighted by molar-refractivity contribution is 6.32. The van der Waals surface area contributed by atoms with E-state index in [4.69, 9.17) is 30.5 Å². The number of carbonyl (C=O) groups excluding carboxylic acids is 1. The molecule has 0 aliphatic carbocycles. The zero-order valence-corrected chi connectivity index (χ0v) is 16.6. The van der Waals surface area contributed by atoms with Crippen LogP contribution >= 0.6 is 11.6 Å². The first kappa shape index (κ1) is 19.8. The number of aliphatic imine (C=N–C) groups is 1. The van der Waals surface area contributed by atoms with Crippen molar-refractivity contribution < 1.29 is 23.7 Å². The van der Waals surface area contributed by atoms with E-state index in [-0.39, 0.29) is 11.6 Å². The van der Waals surface area contributed by atoms with Crippen molar-refractivity contribution in [1.29, 1.82) is 0 Å². The van der Waals surface area contributed by atoms with Gasteiger partial charge < -0.3 is 18.9 Å². The maximum atomic E-state index is 12.3. The first-order valence-electron chi connectivity index (χ1n) is 8.82. The molecule has 0 fully saturated rings. The molecule has 0 aromatic heterocycles. The summed E-state index contributed by atoms with van der Waals surface area (Å²) >= 11 is 6.29. The molecule has 0 N–H and O–H groups in total. The number of halogens is 1. The molecule has 0 saturated heterocycles. The van der Waals surface area contributed by atoms with E-state index in [1.807, 2.05) is 26.0 Å². The molecule has 0 radical (unpaired) electrons. The van der Waals surface area contributed by atoms with E-state index < -0.39 is 5.97 Å². The van der Waals surface area contributed by atoms with E-state index in [0.717, 1.165) is 0 Å². The Hall–Kier alpha value is -2.99. The molecule has 0 unspecified atom stereocenters. The molecular formula is C21H20ClNO5. The van der Waals surface area contributed by atoms with Gasteiger partial charge in [0.05, 0.1) is 30.9 Å². The van der Waals surface area contributed by atoms with Crippen LogP contribution in [0, 0.1) is 0 Å². The fourth-order valence-electron chi connectivity index (χ4n) is 2.71. The lowest BCUT2D eigenvalue weighted by molar-refractivity contribution is -0.129. The number of benzene rings is 2.